The first-order valence-electron chi connectivity index (χ1n) is 23.7. The number of anilines is 2. The van der Waals surface area contributed by atoms with E-state index in [1.165, 1.54) is 31.2 Å². The second kappa shape index (κ2) is 29.6. The number of rotatable bonds is 32. The molecule has 0 saturated carbocycles. The topological polar surface area (TPSA) is 550 Å². The lowest BCUT2D eigenvalue weighted by Crippen LogP contribution is -2.61. The standard InChI is InChI=1S/C46H62N16O17/c1-3-26(2)46(54,37(66)27-9-5-4-6-10-27)41(70)75-33-23-30(62(73)74)15-17-32(33)60-79-40(69)45(53,20-8-22-56-43(50)51)76-35(64)24-57-34(63)18-16-31(47)38(67)58-25-36(65)77-44(52,19-7-21-55-42(48)49)39(68)78-59-28-11-13-29(14-12-28)61(71)72/h4-6,9-15,17,23,26,31,59-60H,3,7-8,16,18-22,24-25,47,52-54H2,1-2H3,(H,57,63)(H,58,67)(H4,48,49,55)(H4,50,51,56). The first-order chi connectivity index (χ1) is 37.1. The predicted octanol–water partition coefficient (Wildman–Crippen LogP) is -1.68. The van der Waals surface area contributed by atoms with Crippen LogP contribution in [-0.2, 0) is 52.7 Å². The number of amides is 2. The summed E-state index contributed by atoms with van der Waals surface area (Å²) in [6, 6.07) is 13.5. The number of aliphatic imine (C=N–C) groups is 2. The van der Waals surface area contributed by atoms with E-state index in [1.54, 1.807) is 25.1 Å². The summed E-state index contributed by atoms with van der Waals surface area (Å²) in [6.45, 7) is 1.19. The molecule has 0 aliphatic heterocycles. The zero-order valence-electron chi connectivity index (χ0n) is 42.7. The number of nitro groups is 2. The van der Waals surface area contributed by atoms with Crippen molar-refractivity contribution < 1.29 is 72.1 Å². The van der Waals surface area contributed by atoms with Gasteiger partial charge in [0.2, 0.25) is 11.8 Å². The fraction of sp³-hybridized carbons (Fsp3) is 0.391. The predicted molar refractivity (Wildman–Crippen MR) is 277 cm³/mol. The molecule has 0 spiro atoms. The van der Waals surface area contributed by atoms with Gasteiger partial charge < -0.3 is 68.9 Å². The maximum atomic E-state index is 13.8. The number of ether oxygens (including phenoxy) is 3. The van der Waals surface area contributed by atoms with Crippen LogP contribution in [-0.4, -0.2) is 118 Å². The van der Waals surface area contributed by atoms with Crippen LogP contribution in [0.1, 0.15) is 69.2 Å². The monoisotopic (exact) mass is 1110 g/mol. The van der Waals surface area contributed by atoms with Crippen molar-refractivity contribution >= 4 is 82.1 Å². The minimum atomic E-state index is -2.67. The van der Waals surface area contributed by atoms with Crippen LogP contribution >= 0.6 is 0 Å². The summed E-state index contributed by atoms with van der Waals surface area (Å²) in [5, 5.41) is 27.1. The summed E-state index contributed by atoms with van der Waals surface area (Å²) in [5.74, 6) is -11.4. The number of nitrogens with zero attached hydrogens (tertiary/aromatic N) is 4. The second-order valence-electron chi connectivity index (χ2n) is 17.2. The van der Waals surface area contributed by atoms with E-state index in [4.69, 9.17) is 69.8 Å². The molecule has 5 unspecified atom stereocenters. The van der Waals surface area contributed by atoms with Gasteiger partial charge in [-0.25, -0.2) is 25.3 Å². The molecule has 33 heteroatoms. The fourth-order valence-electron chi connectivity index (χ4n) is 6.61. The lowest BCUT2D eigenvalue weighted by atomic mass is 9.78. The Morgan fingerprint density at radius 2 is 1.19 bits per heavy atom. The number of guanidine groups is 2. The number of non-ortho nitro benzene ring substituents is 2. The molecular formula is C46H62N16O17. The lowest BCUT2D eigenvalue weighted by molar-refractivity contribution is -0.385. The number of ketones is 1. The SMILES string of the molecule is CCC(C)C(N)(C(=O)Oc1cc([N+](=O)[O-])ccc1NOC(=O)C(N)(CCCN=C(N)N)OC(=O)CNC(=O)CCC(N)C(=O)NCC(=O)OC(N)(CCCN=C(N)N)C(=O)ONc1ccc([N+](=O)[O-])cc1)C(=O)c1ccccc1. The van der Waals surface area contributed by atoms with Crippen LogP contribution in [0, 0.1) is 26.1 Å². The van der Waals surface area contributed by atoms with Crippen LogP contribution in [0.2, 0.25) is 0 Å². The summed E-state index contributed by atoms with van der Waals surface area (Å²) in [7, 11) is 0. The smallest absolute Gasteiger partial charge is 0.390 e. The third kappa shape index (κ3) is 19.5. The van der Waals surface area contributed by atoms with E-state index >= 15 is 0 Å². The Bertz CT molecular complexity index is 2760. The molecule has 2 amide bonds. The van der Waals surface area contributed by atoms with Gasteiger partial charge in [0.05, 0.1) is 27.6 Å². The number of benzene rings is 3. The van der Waals surface area contributed by atoms with Crippen molar-refractivity contribution in [3.63, 3.8) is 0 Å². The third-order valence-corrected chi connectivity index (χ3v) is 11.3. The van der Waals surface area contributed by atoms with Crippen molar-refractivity contribution in [1.82, 2.24) is 10.6 Å². The number of carbonyl (C=O) groups excluding carboxylic acids is 8. The molecule has 0 saturated heterocycles. The summed E-state index contributed by atoms with van der Waals surface area (Å²) in [4.78, 5) is 144. The van der Waals surface area contributed by atoms with Gasteiger partial charge >= 0.3 is 29.8 Å². The molecule has 428 valence electrons. The van der Waals surface area contributed by atoms with Gasteiger partial charge in [0.25, 0.3) is 22.8 Å². The van der Waals surface area contributed by atoms with Crippen LogP contribution in [0.4, 0.5) is 22.7 Å². The second-order valence-corrected chi connectivity index (χ2v) is 17.2. The molecule has 79 heavy (non-hydrogen) atoms. The van der Waals surface area contributed by atoms with Crippen molar-refractivity contribution in [2.75, 3.05) is 37.1 Å². The third-order valence-electron chi connectivity index (χ3n) is 11.3. The van der Waals surface area contributed by atoms with Crippen molar-refractivity contribution in [3.05, 3.63) is 98.6 Å². The van der Waals surface area contributed by atoms with Gasteiger partial charge in [-0.15, -0.1) is 0 Å². The Morgan fingerprint density at radius 1 is 0.684 bits per heavy atom. The molecule has 33 nitrogen and oxygen atoms in total. The zero-order chi connectivity index (χ0) is 59.1. The number of nitrogens with one attached hydrogen (secondary N) is 4. The van der Waals surface area contributed by atoms with Gasteiger partial charge in [0.1, 0.15) is 18.8 Å². The molecule has 0 heterocycles. The largest absolute Gasteiger partial charge is 0.431 e. The van der Waals surface area contributed by atoms with Gasteiger partial charge in [-0.2, -0.15) is 0 Å². The van der Waals surface area contributed by atoms with Crippen LogP contribution in [0.3, 0.4) is 0 Å². The fourth-order valence-corrected chi connectivity index (χ4v) is 6.61. The van der Waals surface area contributed by atoms with E-state index in [2.05, 4.69) is 31.6 Å². The Kier molecular flexibility index (Phi) is 23.9. The summed E-state index contributed by atoms with van der Waals surface area (Å²) in [5.41, 5.74) is 42.0. The van der Waals surface area contributed by atoms with Crippen molar-refractivity contribution in [1.29, 1.82) is 0 Å². The van der Waals surface area contributed by atoms with Gasteiger partial charge in [-0.3, -0.25) is 65.7 Å². The first kappa shape index (κ1) is 63.7. The molecule has 5 atom stereocenters. The van der Waals surface area contributed by atoms with E-state index in [1.807, 2.05) is 0 Å². The van der Waals surface area contributed by atoms with E-state index in [9.17, 15) is 58.6 Å². The molecule has 0 radical (unpaired) electrons. The van der Waals surface area contributed by atoms with E-state index in [0.717, 1.165) is 30.3 Å². The highest BCUT2D eigenvalue weighted by molar-refractivity contribution is 6.17. The average Bonchev–Trinajstić information content (AvgIpc) is 3.42. The highest BCUT2D eigenvalue weighted by atomic mass is 16.7. The number of nitrogens with two attached hydrogens (primary N) is 8. The van der Waals surface area contributed by atoms with Crippen molar-refractivity contribution in [3.8, 4) is 5.75 Å². The van der Waals surface area contributed by atoms with E-state index in [0.29, 0.717) is 0 Å². The van der Waals surface area contributed by atoms with E-state index < -0.39 is 136 Å². The number of nitro benzene ring substituents is 2. The maximum absolute atomic E-state index is 13.8. The minimum absolute atomic E-state index is 0.0184. The highest BCUT2D eigenvalue weighted by Gasteiger charge is 2.49. The molecule has 3 aromatic carbocycles. The summed E-state index contributed by atoms with van der Waals surface area (Å²) < 4.78 is 15.9. The van der Waals surface area contributed by atoms with Crippen LogP contribution < -0.4 is 72.2 Å². The van der Waals surface area contributed by atoms with Crippen LogP contribution in [0.5, 0.6) is 5.75 Å². The van der Waals surface area contributed by atoms with Crippen molar-refractivity contribution in [2.45, 2.75) is 81.8 Å². The molecule has 3 rings (SSSR count). The minimum Gasteiger partial charge on any atom is -0.431 e. The molecule has 0 fully saturated rings. The number of carbonyl (C=O) groups is 8. The maximum Gasteiger partial charge on any atom is 0.390 e. The Labute approximate surface area is 449 Å². The van der Waals surface area contributed by atoms with Crippen molar-refractivity contribution in [2.24, 2.45) is 61.8 Å². The van der Waals surface area contributed by atoms with E-state index in [-0.39, 0.29) is 67.6 Å². The Hall–Kier alpha value is -9.60. The molecule has 0 aliphatic rings. The Balaban J connectivity index is 1.64. The average molecular weight is 1110 g/mol. The Morgan fingerprint density at radius 3 is 1.70 bits per heavy atom. The zero-order valence-corrected chi connectivity index (χ0v) is 42.7. The van der Waals surface area contributed by atoms with Gasteiger partial charge in [0.15, 0.2) is 29.0 Å². The van der Waals surface area contributed by atoms with Gasteiger partial charge in [0, 0.05) is 56.1 Å². The molecule has 0 aliphatic carbocycles. The summed E-state index contributed by atoms with van der Waals surface area (Å²) >= 11 is 0. The number of hydrogen-bond acceptors (Lipinski definition) is 25. The number of hydrogen-bond donors (Lipinski definition) is 12. The van der Waals surface area contributed by atoms with Crippen LogP contribution in [0.15, 0.2) is 82.8 Å². The van der Waals surface area contributed by atoms with Gasteiger partial charge in [-0.1, -0.05) is 50.6 Å². The number of Topliss-reactive ketones (excluding diaryl/α,β-unsaturated/α-hetero) is 1. The molecule has 3 aromatic rings. The lowest BCUT2D eigenvalue weighted by Gasteiger charge is -2.31. The molecule has 0 aromatic heterocycles. The molecule has 20 N–H and O–H groups in total. The normalized spacial score (nSPS) is 13.7. The first-order valence-corrected chi connectivity index (χ1v) is 23.7. The summed E-state index contributed by atoms with van der Waals surface area (Å²) in [6.07, 6.45) is -1.71. The molecule has 0 bridgehead atoms. The quantitative estimate of drug-likeness (QED) is 0.00284. The number of esters is 3. The van der Waals surface area contributed by atoms with Crippen LogP contribution in [0.25, 0.3) is 0 Å². The highest BCUT2D eigenvalue weighted by Crippen LogP contribution is 2.33. The molecular weight excluding hydrogens is 1050 g/mol. The van der Waals surface area contributed by atoms with Gasteiger partial charge in [-0.05, 0) is 43.4 Å².